The van der Waals surface area contributed by atoms with Crippen molar-refractivity contribution in [3.63, 3.8) is 0 Å². The minimum Gasteiger partial charge on any atom is -0.311 e. The first kappa shape index (κ1) is 39.6. The summed E-state index contributed by atoms with van der Waals surface area (Å²) in [5.41, 5.74) is 26.3. The highest BCUT2D eigenvalue weighted by Crippen LogP contribution is 2.64. The van der Waals surface area contributed by atoms with E-state index in [4.69, 9.17) is 0 Å². The lowest BCUT2D eigenvalue weighted by molar-refractivity contribution is 0.714. The van der Waals surface area contributed by atoms with Crippen LogP contribution in [0.5, 0.6) is 0 Å². The minimum absolute atomic E-state index is 0.280. The Labute approximate surface area is 389 Å². The number of anilines is 6. The molecule has 316 valence electrons. The Kier molecular flexibility index (Phi) is 9.57. The highest BCUT2D eigenvalue weighted by atomic mass is 15.1. The molecule has 3 aliphatic rings. The van der Waals surface area contributed by atoms with Crippen molar-refractivity contribution < 1.29 is 0 Å². The Morgan fingerprint density at radius 1 is 0.348 bits per heavy atom. The number of allylic oxidation sites excluding steroid dienone is 4. The second-order valence-electron chi connectivity index (χ2n) is 18.2. The second kappa shape index (κ2) is 15.9. The number of hydrogen-bond donors (Lipinski definition) is 0. The molecule has 2 heteroatoms. The predicted molar refractivity (Wildman–Crippen MR) is 278 cm³/mol. The fourth-order valence-electron chi connectivity index (χ4n) is 11.1. The van der Waals surface area contributed by atoms with Gasteiger partial charge in [-0.3, -0.25) is 0 Å². The summed E-state index contributed by atoms with van der Waals surface area (Å²) in [6, 6.07) is 78.9. The van der Waals surface area contributed by atoms with E-state index in [0.29, 0.717) is 0 Å². The average Bonchev–Trinajstić information content (AvgIpc) is 3.84. The molecule has 0 N–H and O–H groups in total. The van der Waals surface area contributed by atoms with Crippen LogP contribution in [-0.2, 0) is 5.41 Å². The van der Waals surface area contributed by atoms with E-state index in [0.717, 1.165) is 47.0 Å². The second-order valence-corrected chi connectivity index (χ2v) is 18.2. The number of rotatable bonds is 8. The molecule has 0 bridgehead atoms. The zero-order valence-electron chi connectivity index (χ0n) is 37.7. The van der Waals surface area contributed by atoms with E-state index in [1.807, 2.05) is 0 Å². The molecule has 0 aromatic heterocycles. The van der Waals surface area contributed by atoms with Gasteiger partial charge < -0.3 is 9.80 Å². The van der Waals surface area contributed by atoms with Crippen LogP contribution >= 0.6 is 0 Å². The summed E-state index contributed by atoms with van der Waals surface area (Å²) in [6.45, 7) is 6.42. The van der Waals surface area contributed by atoms with Crippen LogP contribution in [0.4, 0.5) is 34.1 Å². The maximum Gasteiger partial charge on any atom is 0.0688 e. The first-order valence-corrected chi connectivity index (χ1v) is 23.3. The van der Waals surface area contributed by atoms with Crippen LogP contribution in [0, 0.1) is 20.8 Å². The maximum absolute atomic E-state index is 2.40. The third-order valence-corrected chi connectivity index (χ3v) is 14.2. The van der Waals surface area contributed by atoms with Gasteiger partial charge in [0.05, 0.1) is 5.41 Å². The molecule has 0 saturated heterocycles. The molecule has 9 aromatic rings. The molecule has 0 heterocycles. The number of fused-ring (bicyclic) bond motifs is 9. The van der Waals surface area contributed by atoms with Gasteiger partial charge in [0.25, 0.3) is 0 Å². The Morgan fingerprint density at radius 3 is 1.21 bits per heavy atom. The van der Waals surface area contributed by atoms with Crippen molar-refractivity contribution in [1.82, 2.24) is 0 Å². The summed E-state index contributed by atoms with van der Waals surface area (Å²) in [5.74, 6) is 0. The maximum atomic E-state index is 2.40. The highest BCUT2D eigenvalue weighted by molar-refractivity contribution is 6.01. The van der Waals surface area contributed by atoms with Gasteiger partial charge in [-0.15, -0.1) is 0 Å². The van der Waals surface area contributed by atoms with E-state index in [2.05, 4.69) is 255 Å². The Hall–Kier alpha value is -7.94. The van der Waals surface area contributed by atoms with Gasteiger partial charge in [-0.2, -0.15) is 0 Å². The van der Waals surface area contributed by atoms with E-state index >= 15 is 0 Å². The van der Waals surface area contributed by atoms with E-state index in [1.165, 1.54) is 77.9 Å². The third-order valence-electron chi connectivity index (χ3n) is 14.2. The third kappa shape index (κ3) is 6.39. The largest absolute Gasteiger partial charge is 0.311 e. The molecule has 66 heavy (non-hydrogen) atoms. The quantitative estimate of drug-likeness (QED) is 0.150. The summed E-state index contributed by atoms with van der Waals surface area (Å²) in [5, 5.41) is 0. The topological polar surface area (TPSA) is 6.48 Å². The summed E-state index contributed by atoms with van der Waals surface area (Å²) in [4.78, 5) is 4.70. The SMILES string of the molecule is Cc1ccc(N(c2ccc(C)cc2)c2ccc(-c3ccc(N(c4ccc(C)cc4)c4ccc(-c5cccc6c5-c5ccccc5C65C6=C(C=CCC6)c6ccccc65)cc4)cc3)cc2)cc1. The van der Waals surface area contributed by atoms with Crippen molar-refractivity contribution in [2.75, 3.05) is 9.80 Å². The number of nitrogens with zero attached hydrogens (tertiary/aromatic N) is 2. The Balaban J connectivity index is 0.891. The van der Waals surface area contributed by atoms with Gasteiger partial charge >= 0.3 is 0 Å². The molecule has 0 saturated carbocycles. The van der Waals surface area contributed by atoms with Crippen LogP contribution in [-0.4, -0.2) is 0 Å². The van der Waals surface area contributed by atoms with Gasteiger partial charge in [0, 0.05) is 34.1 Å². The van der Waals surface area contributed by atoms with Crippen LogP contribution in [0.2, 0.25) is 0 Å². The van der Waals surface area contributed by atoms with Crippen molar-refractivity contribution in [3.8, 4) is 33.4 Å². The van der Waals surface area contributed by atoms with Crippen molar-refractivity contribution in [2.45, 2.75) is 39.0 Å². The first-order chi connectivity index (χ1) is 32.5. The zero-order valence-corrected chi connectivity index (χ0v) is 37.7. The van der Waals surface area contributed by atoms with Gasteiger partial charge in [0.1, 0.15) is 0 Å². The molecule has 12 rings (SSSR count). The van der Waals surface area contributed by atoms with Gasteiger partial charge in [0.2, 0.25) is 0 Å². The summed E-state index contributed by atoms with van der Waals surface area (Å²) in [6.07, 6.45) is 6.88. The molecule has 0 amide bonds. The minimum atomic E-state index is -0.280. The molecule has 1 atom stereocenters. The molecule has 2 nitrogen and oxygen atoms in total. The van der Waals surface area contributed by atoms with E-state index in [9.17, 15) is 0 Å². The number of hydrogen-bond acceptors (Lipinski definition) is 2. The number of benzene rings is 9. The van der Waals surface area contributed by atoms with Crippen LogP contribution in [0.15, 0.2) is 230 Å². The van der Waals surface area contributed by atoms with Crippen molar-refractivity contribution in [2.24, 2.45) is 0 Å². The van der Waals surface area contributed by atoms with Crippen LogP contribution in [0.25, 0.3) is 39.0 Å². The molecular formula is C64H50N2. The predicted octanol–water partition coefficient (Wildman–Crippen LogP) is 17.3. The standard InChI is InChI=1S/C64H50N2/c1-43-19-31-49(32-20-43)65(50-33-21-44(2)22-34-50)52-37-25-46(26-38-52)47-27-39-53(40-28-47)66(51-35-23-45(3)24-36-51)54-41-29-48(30-42-54)55-14-10-18-62-63(55)58-13-6-9-17-61(58)64(62)59-15-7-4-11-56(59)57-12-5-8-16-60(57)64/h4-7,9-15,17-42H,8,16H2,1-3H3. The van der Waals surface area contributed by atoms with Crippen LogP contribution in [0.3, 0.4) is 0 Å². The Bertz CT molecular complexity index is 3290. The molecular weight excluding hydrogens is 797 g/mol. The average molecular weight is 847 g/mol. The summed E-state index contributed by atoms with van der Waals surface area (Å²) in [7, 11) is 0. The lowest BCUT2D eigenvalue weighted by Crippen LogP contribution is -2.27. The van der Waals surface area contributed by atoms with Crippen molar-refractivity contribution in [3.05, 3.63) is 269 Å². The normalized spacial score (nSPS) is 15.3. The summed E-state index contributed by atoms with van der Waals surface area (Å²) < 4.78 is 0. The molecule has 1 unspecified atom stereocenters. The molecule has 0 fully saturated rings. The molecule has 0 aliphatic heterocycles. The van der Waals surface area contributed by atoms with E-state index in [-0.39, 0.29) is 5.41 Å². The van der Waals surface area contributed by atoms with E-state index < -0.39 is 0 Å². The van der Waals surface area contributed by atoms with Gasteiger partial charge in [0.15, 0.2) is 0 Å². The van der Waals surface area contributed by atoms with Crippen LogP contribution < -0.4 is 9.80 Å². The molecule has 1 spiro atoms. The van der Waals surface area contributed by atoms with Crippen LogP contribution in [0.1, 0.15) is 51.8 Å². The fourth-order valence-corrected chi connectivity index (χ4v) is 11.1. The Morgan fingerprint density at radius 2 is 0.727 bits per heavy atom. The lowest BCUT2D eigenvalue weighted by atomic mass is 9.68. The van der Waals surface area contributed by atoms with Crippen molar-refractivity contribution in [1.29, 1.82) is 0 Å². The van der Waals surface area contributed by atoms with Gasteiger partial charge in [-0.25, -0.2) is 0 Å². The van der Waals surface area contributed by atoms with Gasteiger partial charge in [-0.1, -0.05) is 168 Å². The lowest BCUT2D eigenvalue weighted by Gasteiger charge is -2.33. The molecule has 3 aliphatic carbocycles. The van der Waals surface area contributed by atoms with Gasteiger partial charge in [-0.05, 0) is 173 Å². The monoisotopic (exact) mass is 846 g/mol. The molecule has 0 radical (unpaired) electrons. The van der Waals surface area contributed by atoms with E-state index in [1.54, 1.807) is 5.57 Å². The summed E-state index contributed by atoms with van der Waals surface area (Å²) >= 11 is 0. The fraction of sp³-hybridized carbons (Fsp3) is 0.0938. The molecule has 9 aromatic carbocycles. The van der Waals surface area contributed by atoms with Crippen molar-refractivity contribution >= 4 is 39.7 Å². The first-order valence-electron chi connectivity index (χ1n) is 23.3. The number of aryl methyl sites for hydroxylation is 3. The smallest absolute Gasteiger partial charge is 0.0688 e. The zero-order chi connectivity index (χ0) is 44.4. The highest BCUT2D eigenvalue weighted by Gasteiger charge is 2.52.